The monoisotopic (exact) mass is 701 g/mol. The largest absolute Gasteiger partial charge is 0.455 e. The normalized spacial score (nSPS) is 13.6. The smallest absolute Gasteiger partial charge is 0.188 e. The number of fused-ring (bicyclic) bond motifs is 6. The zero-order valence-electron chi connectivity index (χ0n) is 28.6. The summed E-state index contributed by atoms with van der Waals surface area (Å²) in [4.78, 5) is 9.35. The molecule has 0 radical (unpaired) electrons. The highest BCUT2D eigenvalue weighted by Gasteiger charge is 2.48. The van der Waals surface area contributed by atoms with Gasteiger partial charge in [0.25, 0.3) is 0 Å². The van der Waals surface area contributed by atoms with Gasteiger partial charge in [0.1, 0.15) is 11.6 Å². The van der Waals surface area contributed by atoms with Crippen molar-refractivity contribution < 1.29 is 9.13 Å². The lowest BCUT2D eigenvalue weighted by Crippen LogP contribution is -2.76. The molecule has 0 aliphatic carbocycles. The summed E-state index contributed by atoms with van der Waals surface area (Å²) in [6.45, 7) is 0. The Labute approximate surface area is 307 Å². The molecule has 0 N–H and O–H groups in total. The molecule has 6 aromatic carbocycles. The third-order valence-electron chi connectivity index (χ3n) is 10.5. The van der Waals surface area contributed by atoms with E-state index < -0.39 is 14.2 Å². The SMILES string of the molecule is FC(c1cccc(-c2ccccn2)c1)c1ccc2c3ccc4c(c3n(-c3ccccn3)c2c1)Oc1ccccc1[Si]4(c1ccccc1)c1ccccc1. The van der Waals surface area contributed by atoms with Gasteiger partial charge in [-0.15, -0.1) is 0 Å². The first-order valence-electron chi connectivity index (χ1n) is 17.8. The minimum Gasteiger partial charge on any atom is -0.455 e. The number of benzene rings is 6. The van der Waals surface area contributed by atoms with Gasteiger partial charge in [-0.3, -0.25) is 9.55 Å². The van der Waals surface area contributed by atoms with Crippen molar-refractivity contribution in [2.24, 2.45) is 0 Å². The minimum atomic E-state index is -2.90. The lowest BCUT2D eigenvalue weighted by molar-refractivity contribution is 0.402. The Bertz CT molecular complexity index is 2730. The molecule has 1 aliphatic rings. The molecule has 1 aliphatic heterocycles. The molecular weight excluding hydrogens is 670 g/mol. The molecular formula is C47H32FN3OSi. The van der Waals surface area contributed by atoms with Crippen LogP contribution in [0.5, 0.6) is 11.5 Å². The molecule has 10 rings (SSSR count). The van der Waals surface area contributed by atoms with Gasteiger partial charge in [-0.1, -0.05) is 133 Å². The van der Waals surface area contributed by atoms with Crippen LogP contribution in [0.4, 0.5) is 4.39 Å². The summed E-state index contributed by atoms with van der Waals surface area (Å²) < 4.78 is 26.0. The van der Waals surface area contributed by atoms with E-state index in [1.54, 1.807) is 12.4 Å². The van der Waals surface area contributed by atoms with E-state index in [1.807, 2.05) is 84.9 Å². The van der Waals surface area contributed by atoms with Crippen LogP contribution in [0.1, 0.15) is 17.3 Å². The molecule has 252 valence electrons. The van der Waals surface area contributed by atoms with E-state index in [9.17, 15) is 0 Å². The topological polar surface area (TPSA) is 39.9 Å². The molecule has 0 bridgehead atoms. The van der Waals surface area contributed by atoms with Crippen LogP contribution in [-0.4, -0.2) is 22.6 Å². The number of pyridine rings is 2. The van der Waals surface area contributed by atoms with E-state index in [2.05, 4.69) is 101 Å². The van der Waals surface area contributed by atoms with E-state index in [0.717, 1.165) is 55.6 Å². The molecule has 0 saturated heterocycles. The van der Waals surface area contributed by atoms with Gasteiger partial charge in [0.15, 0.2) is 20.0 Å². The highest BCUT2D eigenvalue weighted by Crippen LogP contribution is 2.42. The Morgan fingerprint density at radius 3 is 1.96 bits per heavy atom. The Hall–Kier alpha value is -6.63. The van der Waals surface area contributed by atoms with Crippen molar-refractivity contribution in [1.82, 2.24) is 14.5 Å². The summed E-state index contributed by atoms with van der Waals surface area (Å²) in [5.41, 5.74) is 4.61. The van der Waals surface area contributed by atoms with Crippen LogP contribution >= 0.6 is 0 Å². The second-order valence-electron chi connectivity index (χ2n) is 13.4. The van der Waals surface area contributed by atoms with Gasteiger partial charge in [-0.05, 0) is 74.3 Å². The third-order valence-corrected chi connectivity index (χ3v) is 15.4. The van der Waals surface area contributed by atoms with Gasteiger partial charge in [0.2, 0.25) is 0 Å². The molecule has 4 nitrogen and oxygen atoms in total. The maximum absolute atomic E-state index is 16.7. The van der Waals surface area contributed by atoms with Crippen molar-refractivity contribution in [3.63, 3.8) is 0 Å². The predicted molar refractivity (Wildman–Crippen MR) is 215 cm³/mol. The number of hydrogen-bond donors (Lipinski definition) is 0. The zero-order chi connectivity index (χ0) is 35.4. The average molecular weight is 702 g/mol. The Balaban J connectivity index is 1.25. The third kappa shape index (κ3) is 4.87. The summed E-state index contributed by atoms with van der Waals surface area (Å²) in [5.74, 6) is 2.39. The minimum absolute atomic E-state index is 0.563. The van der Waals surface area contributed by atoms with Gasteiger partial charge >= 0.3 is 0 Å². The average Bonchev–Trinajstić information content (AvgIpc) is 3.58. The molecule has 6 heteroatoms. The maximum atomic E-state index is 16.7. The van der Waals surface area contributed by atoms with Crippen molar-refractivity contribution in [3.8, 4) is 28.6 Å². The van der Waals surface area contributed by atoms with E-state index in [-0.39, 0.29) is 0 Å². The molecule has 0 spiro atoms. The maximum Gasteiger partial charge on any atom is 0.188 e. The highest BCUT2D eigenvalue weighted by molar-refractivity contribution is 7.20. The van der Waals surface area contributed by atoms with Crippen LogP contribution in [0.15, 0.2) is 188 Å². The Kier molecular flexibility index (Phi) is 7.37. The molecule has 53 heavy (non-hydrogen) atoms. The Morgan fingerprint density at radius 1 is 0.547 bits per heavy atom. The number of hydrogen-bond acceptors (Lipinski definition) is 3. The second-order valence-corrected chi connectivity index (χ2v) is 17.2. The first kappa shape index (κ1) is 31.1. The van der Waals surface area contributed by atoms with Crippen LogP contribution in [0, 0.1) is 0 Å². The van der Waals surface area contributed by atoms with Crippen LogP contribution in [0.2, 0.25) is 0 Å². The number of alkyl halides is 1. The number of para-hydroxylation sites is 1. The van der Waals surface area contributed by atoms with E-state index in [4.69, 9.17) is 9.72 Å². The van der Waals surface area contributed by atoms with Gasteiger partial charge in [-0.2, -0.15) is 0 Å². The summed E-state index contributed by atoms with van der Waals surface area (Å²) in [5, 5.41) is 6.95. The van der Waals surface area contributed by atoms with Gasteiger partial charge in [0, 0.05) is 28.7 Å². The Morgan fingerprint density at radius 2 is 1.23 bits per heavy atom. The molecule has 1 unspecified atom stereocenters. The highest BCUT2D eigenvalue weighted by atomic mass is 28.3. The number of nitrogens with zero attached hydrogens (tertiary/aromatic N) is 3. The van der Waals surface area contributed by atoms with Gasteiger partial charge in [0.05, 0.1) is 16.7 Å². The summed E-state index contributed by atoms with van der Waals surface area (Å²) in [7, 11) is -2.90. The van der Waals surface area contributed by atoms with Crippen LogP contribution < -0.4 is 25.5 Å². The molecule has 3 aromatic heterocycles. The molecule has 4 heterocycles. The molecule has 0 saturated carbocycles. The van der Waals surface area contributed by atoms with Crippen molar-refractivity contribution in [3.05, 3.63) is 199 Å². The molecule has 1 atom stereocenters. The first-order chi connectivity index (χ1) is 26.2. The fourth-order valence-electron chi connectivity index (χ4n) is 8.24. The number of halogens is 1. The fourth-order valence-corrected chi connectivity index (χ4v) is 13.2. The molecule has 0 amide bonds. The number of aromatic nitrogens is 3. The quantitative estimate of drug-likeness (QED) is 0.163. The van der Waals surface area contributed by atoms with Crippen molar-refractivity contribution in [2.45, 2.75) is 6.17 Å². The number of rotatable bonds is 6. The standard InChI is InChI=1S/C47H32FN3OSi/c48-45(33-15-13-14-32(30-33)39-20-9-11-28-49-39)34-24-25-37-38-26-27-43-47(46(38)51(40(37)31-34)44-23-10-12-29-50-44)52-41-21-7-8-22-42(41)53(43,35-16-3-1-4-17-35)36-18-5-2-6-19-36/h1-31,45H. The van der Waals surface area contributed by atoms with Gasteiger partial charge in [-0.25, -0.2) is 9.37 Å². The fraction of sp³-hybridized carbons (Fsp3) is 0.0213. The molecule has 0 fully saturated rings. The summed E-state index contributed by atoms with van der Waals surface area (Å²) in [6, 6.07) is 59.9. The number of ether oxygens (including phenoxy) is 1. The van der Waals surface area contributed by atoms with Crippen molar-refractivity contribution in [2.75, 3.05) is 0 Å². The lowest BCUT2D eigenvalue weighted by Gasteiger charge is -2.39. The van der Waals surface area contributed by atoms with Crippen LogP contribution in [-0.2, 0) is 0 Å². The van der Waals surface area contributed by atoms with E-state index >= 15 is 4.39 Å². The summed E-state index contributed by atoms with van der Waals surface area (Å²) >= 11 is 0. The van der Waals surface area contributed by atoms with Crippen LogP contribution in [0.25, 0.3) is 38.9 Å². The summed E-state index contributed by atoms with van der Waals surface area (Å²) in [6.07, 6.45) is 2.20. The van der Waals surface area contributed by atoms with E-state index in [0.29, 0.717) is 11.1 Å². The second kappa shape index (κ2) is 12.5. The predicted octanol–water partition coefficient (Wildman–Crippen LogP) is 8.78. The van der Waals surface area contributed by atoms with Gasteiger partial charge < -0.3 is 4.74 Å². The zero-order valence-corrected chi connectivity index (χ0v) is 29.6. The molecule has 9 aromatic rings. The van der Waals surface area contributed by atoms with Crippen molar-refractivity contribution >= 4 is 50.6 Å². The van der Waals surface area contributed by atoms with Crippen LogP contribution in [0.3, 0.4) is 0 Å². The first-order valence-corrected chi connectivity index (χ1v) is 19.8. The van der Waals surface area contributed by atoms with Crippen molar-refractivity contribution in [1.29, 1.82) is 0 Å². The van der Waals surface area contributed by atoms with E-state index in [1.165, 1.54) is 15.6 Å². The lowest BCUT2D eigenvalue weighted by atomic mass is 9.98.